The lowest BCUT2D eigenvalue weighted by atomic mass is 10.2. The third kappa shape index (κ3) is 4.19. The number of aryl methyl sites for hydroxylation is 1. The van der Waals surface area contributed by atoms with Crippen LogP contribution in [0, 0.1) is 17.0 Å². The summed E-state index contributed by atoms with van der Waals surface area (Å²) in [6.45, 7) is 1.41. The standard InChI is InChI=1S/C16H16N2O5/c1-11-9-12(7-8-13(11)18(20)21)17-16(19)10-23-15-6-4-3-5-14(15)22-2/h3-9H,10H2,1-2H3,(H,17,19). The second kappa shape index (κ2) is 7.26. The first-order chi connectivity index (χ1) is 11.0. The van der Waals surface area contributed by atoms with Gasteiger partial charge in [-0.15, -0.1) is 0 Å². The van der Waals surface area contributed by atoms with Crippen LogP contribution in [0.25, 0.3) is 0 Å². The zero-order valence-electron chi connectivity index (χ0n) is 12.7. The number of ether oxygens (including phenoxy) is 2. The maximum atomic E-state index is 11.9. The van der Waals surface area contributed by atoms with E-state index in [1.54, 1.807) is 37.3 Å². The van der Waals surface area contributed by atoms with E-state index in [1.807, 2.05) is 0 Å². The Labute approximate surface area is 133 Å². The number of hydrogen-bond acceptors (Lipinski definition) is 5. The van der Waals surface area contributed by atoms with Gasteiger partial charge in [-0.2, -0.15) is 0 Å². The van der Waals surface area contributed by atoms with Crippen LogP contribution in [-0.4, -0.2) is 24.5 Å². The molecule has 0 saturated heterocycles. The summed E-state index contributed by atoms with van der Waals surface area (Å²) in [6, 6.07) is 11.4. The van der Waals surface area contributed by atoms with Crippen molar-refractivity contribution in [1.82, 2.24) is 0 Å². The fraction of sp³-hybridized carbons (Fsp3) is 0.188. The normalized spacial score (nSPS) is 10.0. The third-order valence-electron chi connectivity index (χ3n) is 3.11. The van der Waals surface area contributed by atoms with Gasteiger partial charge in [-0.1, -0.05) is 12.1 Å². The molecule has 0 bridgehead atoms. The third-order valence-corrected chi connectivity index (χ3v) is 3.11. The molecule has 0 unspecified atom stereocenters. The van der Waals surface area contributed by atoms with Gasteiger partial charge in [0.15, 0.2) is 18.1 Å². The largest absolute Gasteiger partial charge is 0.493 e. The molecule has 7 nitrogen and oxygen atoms in total. The highest BCUT2D eigenvalue weighted by Gasteiger charge is 2.12. The Kier molecular flexibility index (Phi) is 5.14. The van der Waals surface area contributed by atoms with Gasteiger partial charge in [0.25, 0.3) is 11.6 Å². The molecule has 0 fully saturated rings. The molecule has 0 spiro atoms. The smallest absolute Gasteiger partial charge is 0.272 e. The lowest BCUT2D eigenvalue weighted by Crippen LogP contribution is -2.20. The van der Waals surface area contributed by atoms with E-state index >= 15 is 0 Å². The molecule has 0 atom stereocenters. The quantitative estimate of drug-likeness (QED) is 0.653. The molecule has 120 valence electrons. The first-order valence-corrected chi connectivity index (χ1v) is 6.82. The van der Waals surface area contributed by atoms with Crippen molar-refractivity contribution in [3.05, 3.63) is 58.1 Å². The zero-order valence-corrected chi connectivity index (χ0v) is 12.7. The predicted octanol–water partition coefficient (Wildman–Crippen LogP) is 2.93. The van der Waals surface area contributed by atoms with E-state index < -0.39 is 4.92 Å². The van der Waals surface area contributed by atoms with E-state index in [0.717, 1.165) is 0 Å². The van der Waals surface area contributed by atoms with Gasteiger partial charge < -0.3 is 14.8 Å². The molecular weight excluding hydrogens is 300 g/mol. The Morgan fingerprint density at radius 3 is 2.52 bits per heavy atom. The molecule has 7 heteroatoms. The van der Waals surface area contributed by atoms with Gasteiger partial charge in [0.2, 0.25) is 0 Å². The van der Waals surface area contributed by atoms with Gasteiger partial charge in [-0.05, 0) is 31.2 Å². The molecule has 23 heavy (non-hydrogen) atoms. The fourth-order valence-electron chi connectivity index (χ4n) is 2.02. The fourth-order valence-corrected chi connectivity index (χ4v) is 2.02. The lowest BCUT2D eigenvalue weighted by molar-refractivity contribution is -0.385. The summed E-state index contributed by atoms with van der Waals surface area (Å²) in [5.74, 6) is 0.626. The van der Waals surface area contributed by atoms with Crippen molar-refractivity contribution in [2.45, 2.75) is 6.92 Å². The molecule has 0 aliphatic rings. The number of rotatable bonds is 6. The van der Waals surface area contributed by atoms with Gasteiger partial charge in [-0.3, -0.25) is 14.9 Å². The van der Waals surface area contributed by atoms with Crippen molar-refractivity contribution in [1.29, 1.82) is 0 Å². The summed E-state index contributed by atoms with van der Waals surface area (Å²) in [4.78, 5) is 22.2. The topological polar surface area (TPSA) is 90.7 Å². The van der Waals surface area contributed by atoms with Gasteiger partial charge in [0.05, 0.1) is 12.0 Å². The zero-order chi connectivity index (χ0) is 16.8. The van der Waals surface area contributed by atoms with E-state index in [0.29, 0.717) is 22.7 Å². The van der Waals surface area contributed by atoms with Crippen LogP contribution in [0.3, 0.4) is 0 Å². The maximum Gasteiger partial charge on any atom is 0.272 e. The first-order valence-electron chi connectivity index (χ1n) is 6.82. The van der Waals surface area contributed by atoms with Crippen LogP contribution in [0.4, 0.5) is 11.4 Å². The second-order valence-electron chi connectivity index (χ2n) is 4.75. The molecule has 2 aromatic rings. The average Bonchev–Trinajstić information content (AvgIpc) is 2.53. The number of carbonyl (C=O) groups excluding carboxylic acids is 1. The van der Waals surface area contributed by atoms with E-state index in [-0.39, 0.29) is 18.2 Å². The van der Waals surface area contributed by atoms with E-state index in [4.69, 9.17) is 9.47 Å². The summed E-state index contributed by atoms with van der Waals surface area (Å²) in [5, 5.41) is 13.4. The summed E-state index contributed by atoms with van der Waals surface area (Å²) in [7, 11) is 1.52. The SMILES string of the molecule is COc1ccccc1OCC(=O)Nc1ccc([N+](=O)[O-])c(C)c1. The minimum atomic E-state index is -0.467. The monoisotopic (exact) mass is 316 g/mol. The number of anilines is 1. The summed E-state index contributed by atoms with van der Waals surface area (Å²) in [6.07, 6.45) is 0. The number of hydrogen-bond donors (Lipinski definition) is 1. The number of nitro groups is 1. The van der Waals surface area contributed by atoms with Crippen LogP contribution in [-0.2, 0) is 4.79 Å². The van der Waals surface area contributed by atoms with Crippen molar-refractivity contribution in [3.8, 4) is 11.5 Å². The molecule has 2 aromatic carbocycles. The highest BCUT2D eigenvalue weighted by molar-refractivity contribution is 5.92. The molecule has 2 rings (SSSR count). The minimum absolute atomic E-state index is 0.00766. The highest BCUT2D eigenvalue weighted by atomic mass is 16.6. The summed E-state index contributed by atoms with van der Waals surface area (Å²) >= 11 is 0. The molecule has 0 heterocycles. The molecule has 0 aliphatic heterocycles. The lowest BCUT2D eigenvalue weighted by Gasteiger charge is -2.10. The van der Waals surface area contributed by atoms with E-state index in [2.05, 4.69) is 5.32 Å². The molecular formula is C16H16N2O5. The van der Waals surface area contributed by atoms with Gasteiger partial charge in [0, 0.05) is 17.3 Å². The molecule has 0 aliphatic carbocycles. The Balaban J connectivity index is 1.97. The second-order valence-corrected chi connectivity index (χ2v) is 4.75. The number of methoxy groups -OCH3 is 1. The van der Waals surface area contributed by atoms with Crippen molar-refractivity contribution in [2.24, 2.45) is 0 Å². The molecule has 1 N–H and O–H groups in total. The van der Waals surface area contributed by atoms with Crippen LogP contribution >= 0.6 is 0 Å². The number of nitrogens with one attached hydrogen (secondary N) is 1. The number of nitro benzene ring substituents is 1. The minimum Gasteiger partial charge on any atom is -0.493 e. The van der Waals surface area contributed by atoms with Gasteiger partial charge >= 0.3 is 0 Å². The number of nitrogens with zero attached hydrogens (tertiary/aromatic N) is 1. The number of carbonyl (C=O) groups is 1. The number of amides is 1. The molecule has 0 saturated carbocycles. The van der Waals surface area contributed by atoms with Crippen molar-refractivity contribution >= 4 is 17.3 Å². The Bertz CT molecular complexity index is 730. The average molecular weight is 316 g/mol. The summed E-state index contributed by atoms with van der Waals surface area (Å²) in [5.41, 5.74) is 0.952. The molecule has 1 amide bonds. The van der Waals surface area contributed by atoms with Crippen LogP contribution in [0.2, 0.25) is 0 Å². The molecule has 0 radical (unpaired) electrons. The number of benzene rings is 2. The predicted molar refractivity (Wildman–Crippen MR) is 85.0 cm³/mol. The van der Waals surface area contributed by atoms with Crippen LogP contribution in [0.15, 0.2) is 42.5 Å². The summed E-state index contributed by atoms with van der Waals surface area (Å²) < 4.78 is 10.5. The van der Waals surface area contributed by atoms with Crippen molar-refractivity contribution < 1.29 is 19.2 Å². The van der Waals surface area contributed by atoms with E-state index in [1.165, 1.54) is 19.2 Å². The van der Waals surface area contributed by atoms with Crippen molar-refractivity contribution in [3.63, 3.8) is 0 Å². The van der Waals surface area contributed by atoms with Crippen LogP contribution in [0.1, 0.15) is 5.56 Å². The van der Waals surface area contributed by atoms with Crippen molar-refractivity contribution in [2.75, 3.05) is 19.0 Å². The van der Waals surface area contributed by atoms with Crippen LogP contribution in [0.5, 0.6) is 11.5 Å². The Morgan fingerprint density at radius 2 is 1.91 bits per heavy atom. The Morgan fingerprint density at radius 1 is 1.22 bits per heavy atom. The van der Waals surface area contributed by atoms with Gasteiger partial charge in [0.1, 0.15) is 0 Å². The van der Waals surface area contributed by atoms with E-state index in [9.17, 15) is 14.9 Å². The number of para-hydroxylation sites is 2. The Hall–Kier alpha value is -3.09. The van der Waals surface area contributed by atoms with Crippen LogP contribution < -0.4 is 14.8 Å². The molecule has 0 aromatic heterocycles. The first kappa shape index (κ1) is 16.3. The van der Waals surface area contributed by atoms with Gasteiger partial charge in [-0.25, -0.2) is 0 Å². The maximum absolute atomic E-state index is 11.9. The highest BCUT2D eigenvalue weighted by Crippen LogP contribution is 2.26.